The van der Waals surface area contributed by atoms with Crippen LogP contribution in [0.4, 0.5) is 8.78 Å². The van der Waals surface area contributed by atoms with Gasteiger partial charge < -0.3 is 10.0 Å². The normalized spacial score (nSPS) is 25.9. The van der Waals surface area contributed by atoms with Crippen LogP contribution in [0.2, 0.25) is 0 Å². The number of piperidine rings is 1. The molecule has 16 heavy (non-hydrogen) atoms. The molecule has 6 heteroatoms. The largest absolute Gasteiger partial charge is 0.481 e. The Morgan fingerprint density at radius 1 is 1.50 bits per heavy atom. The molecule has 1 amide bonds. The molecule has 0 aromatic heterocycles. The van der Waals surface area contributed by atoms with Gasteiger partial charge in [-0.1, -0.05) is 6.92 Å². The van der Waals surface area contributed by atoms with Crippen LogP contribution >= 0.6 is 0 Å². The van der Waals surface area contributed by atoms with Crippen LogP contribution in [0.3, 0.4) is 0 Å². The molecule has 1 heterocycles. The summed E-state index contributed by atoms with van der Waals surface area (Å²) in [6.45, 7) is 1.81. The molecule has 0 radical (unpaired) electrons. The van der Waals surface area contributed by atoms with Crippen molar-refractivity contribution in [1.82, 2.24) is 4.90 Å². The molecular formula is C10H15F2NO3. The van der Waals surface area contributed by atoms with E-state index in [1.807, 2.05) is 0 Å². The van der Waals surface area contributed by atoms with Gasteiger partial charge in [0.15, 0.2) is 0 Å². The molecule has 1 saturated heterocycles. The number of aliphatic carboxylic acids is 1. The maximum atomic E-state index is 12.2. The molecule has 0 spiro atoms. The molecule has 1 aliphatic rings. The number of alkyl halides is 2. The number of carbonyl (C=O) groups excluding carboxylic acids is 1. The Labute approximate surface area is 92.2 Å². The molecule has 0 aromatic rings. The van der Waals surface area contributed by atoms with Gasteiger partial charge in [0.2, 0.25) is 0 Å². The van der Waals surface area contributed by atoms with E-state index in [1.54, 1.807) is 6.92 Å². The van der Waals surface area contributed by atoms with Gasteiger partial charge in [0.1, 0.15) is 0 Å². The maximum absolute atomic E-state index is 12.2. The molecule has 92 valence electrons. The third-order valence-corrected chi connectivity index (χ3v) is 3.21. The van der Waals surface area contributed by atoms with E-state index < -0.39 is 23.7 Å². The van der Waals surface area contributed by atoms with Gasteiger partial charge in [-0.3, -0.25) is 9.59 Å². The number of carboxylic acids is 1. The molecule has 0 saturated carbocycles. The van der Waals surface area contributed by atoms with Crippen molar-refractivity contribution in [2.75, 3.05) is 13.1 Å². The minimum atomic E-state index is -3.05. The average Bonchev–Trinajstić information content (AvgIpc) is 2.27. The summed E-state index contributed by atoms with van der Waals surface area (Å²) >= 11 is 0. The maximum Gasteiger partial charge on any atom is 0.315 e. The van der Waals surface area contributed by atoms with Crippen molar-refractivity contribution in [3.8, 4) is 0 Å². The summed E-state index contributed by atoms with van der Waals surface area (Å²) in [4.78, 5) is 23.2. The molecule has 0 aliphatic carbocycles. The summed E-state index contributed by atoms with van der Waals surface area (Å²) in [5.74, 6) is -2.28. The van der Waals surface area contributed by atoms with Crippen molar-refractivity contribution in [3.63, 3.8) is 0 Å². The summed E-state index contributed by atoms with van der Waals surface area (Å²) < 4.78 is 24.5. The second-order valence-electron chi connectivity index (χ2n) is 4.10. The molecule has 0 aromatic carbocycles. The van der Waals surface area contributed by atoms with E-state index >= 15 is 0 Å². The second-order valence-corrected chi connectivity index (χ2v) is 4.10. The standard InChI is InChI=1S/C10H15F2NO3/c1-2-10(9(15)16)4-3-5-13(6-10)8(14)7(11)12/h7H,2-6H2,1H3,(H,15,16). The molecule has 4 nitrogen and oxygen atoms in total. The number of amides is 1. The van der Waals surface area contributed by atoms with Crippen LogP contribution in [-0.4, -0.2) is 41.4 Å². The van der Waals surface area contributed by atoms with Crippen molar-refractivity contribution < 1.29 is 23.5 Å². The zero-order chi connectivity index (χ0) is 12.3. The van der Waals surface area contributed by atoms with Gasteiger partial charge in [-0.2, -0.15) is 8.78 Å². The Balaban J connectivity index is 2.80. The Hall–Kier alpha value is -1.20. The minimum absolute atomic E-state index is 0.109. The number of nitrogens with zero attached hydrogens (tertiary/aromatic N) is 1. The highest BCUT2D eigenvalue weighted by molar-refractivity contribution is 5.81. The quantitative estimate of drug-likeness (QED) is 0.803. The Morgan fingerprint density at radius 3 is 2.56 bits per heavy atom. The lowest BCUT2D eigenvalue weighted by Gasteiger charge is -2.39. The lowest BCUT2D eigenvalue weighted by molar-refractivity contribution is -0.158. The zero-order valence-corrected chi connectivity index (χ0v) is 9.08. The average molecular weight is 235 g/mol. The van der Waals surface area contributed by atoms with Crippen molar-refractivity contribution in [3.05, 3.63) is 0 Å². The third kappa shape index (κ3) is 2.31. The number of carbonyl (C=O) groups is 2. The number of hydrogen-bond donors (Lipinski definition) is 1. The first-order chi connectivity index (χ1) is 7.43. The van der Waals surface area contributed by atoms with E-state index in [0.717, 1.165) is 4.90 Å². The van der Waals surface area contributed by atoms with Crippen molar-refractivity contribution >= 4 is 11.9 Å². The van der Waals surface area contributed by atoms with Gasteiger partial charge >= 0.3 is 12.4 Å². The van der Waals surface area contributed by atoms with Crippen LogP contribution in [0.25, 0.3) is 0 Å². The van der Waals surface area contributed by atoms with Crippen molar-refractivity contribution in [1.29, 1.82) is 0 Å². The Morgan fingerprint density at radius 2 is 2.12 bits per heavy atom. The van der Waals surface area contributed by atoms with E-state index in [1.165, 1.54) is 0 Å². The first-order valence-corrected chi connectivity index (χ1v) is 5.23. The van der Waals surface area contributed by atoms with Gasteiger partial charge in [-0.15, -0.1) is 0 Å². The van der Waals surface area contributed by atoms with Crippen LogP contribution in [0.15, 0.2) is 0 Å². The van der Waals surface area contributed by atoms with Crippen LogP contribution in [0, 0.1) is 5.41 Å². The summed E-state index contributed by atoms with van der Waals surface area (Å²) in [7, 11) is 0. The third-order valence-electron chi connectivity index (χ3n) is 3.21. The van der Waals surface area contributed by atoms with Gasteiger partial charge in [0.05, 0.1) is 5.41 Å². The monoisotopic (exact) mass is 235 g/mol. The lowest BCUT2D eigenvalue weighted by Crippen LogP contribution is -2.51. The van der Waals surface area contributed by atoms with E-state index in [9.17, 15) is 18.4 Å². The van der Waals surface area contributed by atoms with Crippen molar-refractivity contribution in [2.24, 2.45) is 5.41 Å². The fourth-order valence-corrected chi connectivity index (χ4v) is 2.07. The van der Waals surface area contributed by atoms with Gasteiger partial charge in [-0.05, 0) is 19.3 Å². The van der Waals surface area contributed by atoms with Crippen molar-refractivity contribution in [2.45, 2.75) is 32.6 Å². The zero-order valence-electron chi connectivity index (χ0n) is 9.08. The summed E-state index contributed by atoms with van der Waals surface area (Å²) in [5, 5.41) is 9.10. The first kappa shape index (κ1) is 12.9. The van der Waals surface area contributed by atoms with Crippen LogP contribution in [0.1, 0.15) is 26.2 Å². The Kier molecular flexibility index (Phi) is 3.83. The Bertz CT molecular complexity index is 296. The van der Waals surface area contributed by atoms with E-state index in [-0.39, 0.29) is 13.1 Å². The fraction of sp³-hybridized carbons (Fsp3) is 0.800. The van der Waals surface area contributed by atoms with Crippen LogP contribution in [0.5, 0.6) is 0 Å². The fourth-order valence-electron chi connectivity index (χ4n) is 2.07. The highest BCUT2D eigenvalue weighted by Crippen LogP contribution is 2.34. The molecular weight excluding hydrogens is 220 g/mol. The second kappa shape index (κ2) is 4.76. The predicted octanol–water partition coefficient (Wildman–Crippen LogP) is 1.35. The van der Waals surface area contributed by atoms with E-state index in [0.29, 0.717) is 19.3 Å². The number of likely N-dealkylation sites (tertiary alicyclic amines) is 1. The van der Waals surface area contributed by atoms with Gasteiger partial charge in [0.25, 0.3) is 5.91 Å². The predicted molar refractivity (Wildman–Crippen MR) is 52.2 cm³/mol. The summed E-state index contributed by atoms with van der Waals surface area (Å²) in [5.41, 5.74) is -1.05. The molecule has 1 fully saturated rings. The first-order valence-electron chi connectivity index (χ1n) is 5.23. The molecule has 1 rings (SSSR count). The van der Waals surface area contributed by atoms with E-state index in [2.05, 4.69) is 0 Å². The molecule has 1 N–H and O–H groups in total. The number of hydrogen-bond acceptors (Lipinski definition) is 2. The highest BCUT2D eigenvalue weighted by Gasteiger charge is 2.43. The van der Waals surface area contributed by atoms with Gasteiger partial charge in [0, 0.05) is 13.1 Å². The molecule has 1 unspecified atom stereocenters. The number of rotatable bonds is 3. The van der Waals surface area contributed by atoms with Crippen LogP contribution < -0.4 is 0 Å². The number of halogens is 2. The SMILES string of the molecule is CCC1(C(=O)O)CCCN(C(=O)C(F)F)C1. The smallest absolute Gasteiger partial charge is 0.315 e. The lowest BCUT2D eigenvalue weighted by atomic mass is 9.77. The number of carboxylic acid groups (broad SMARTS) is 1. The summed E-state index contributed by atoms with van der Waals surface area (Å²) in [6.07, 6.45) is -1.82. The molecule has 1 atom stereocenters. The topological polar surface area (TPSA) is 57.6 Å². The van der Waals surface area contributed by atoms with Gasteiger partial charge in [-0.25, -0.2) is 0 Å². The summed E-state index contributed by atoms with van der Waals surface area (Å²) in [6, 6.07) is 0. The minimum Gasteiger partial charge on any atom is -0.481 e. The molecule has 0 bridgehead atoms. The molecule has 1 aliphatic heterocycles. The van der Waals surface area contributed by atoms with Crippen LogP contribution in [-0.2, 0) is 9.59 Å². The van der Waals surface area contributed by atoms with E-state index in [4.69, 9.17) is 5.11 Å². The highest BCUT2D eigenvalue weighted by atomic mass is 19.3.